The van der Waals surface area contributed by atoms with Crippen LogP contribution in [-0.2, 0) is 0 Å². The first-order valence-corrected chi connectivity index (χ1v) is 5.59. The lowest BCUT2D eigenvalue weighted by atomic mass is 10.3. The number of aromatic nitrogens is 1. The Morgan fingerprint density at radius 1 is 1.17 bits per heavy atom. The standard InChI is InChI=1S/C14H12N2O2/c1-2-17-12-5-3-4-6-13(12)18-14-8-7-11(9-15)10-16-14/h3-8,10H,2H2,1H3. The van der Waals surface area contributed by atoms with Crippen LogP contribution in [0.3, 0.4) is 0 Å². The van der Waals surface area contributed by atoms with Crippen molar-refractivity contribution >= 4 is 0 Å². The van der Waals surface area contributed by atoms with Gasteiger partial charge in [0.25, 0.3) is 0 Å². The van der Waals surface area contributed by atoms with Crippen LogP contribution in [0.1, 0.15) is 12.5 Å². The fraction of sp³-hybridized carbons (Fsp3) is 0.143. The second-order valence-corrected chi connectivity index (χ2v) is 3.48. The van der Waals surface area contributed by atoms with Crippen molar-refractivity contribution in [3.05, 3.63) is 48.2 Å². The molecule has 4 heteroatoms. The average molecular weight is 240 g/mol. The van der Waals surface area contributed by atoms with Gasteiger partial charge in [-0.1, -0.05) is 12.1 Å². The molecule has 0 fully saturated rings. The molecule has 0 saturated carbocycles. The summed E-state index contributed by atoms with van der Waals surface area (Å²) in [6.45, 7) is 2.48. The van der Waals surface area contributed by atoms with Crippen molar-refractivity contribution in [2.24, 2.45) is 0 Å². The summed E-state index contributed by atoms with van der Waals surface area (Å²) in [5, 5.41) is 8.68. The summed E-state index contributed by atoms with van der Waals surface area (Å²) in [5.74, 6) is 1.71. The van der Waals surface area contributed by atoms with E-state index in [-0.39, 0.29) is 0 Å². The SMILES string of the molecule is CCOc1ccccc1Oc1ccc(C#N)cn1. The molecule has 0 spiro atoms. The number of para-hydroxylation sites is 2. The molecule has 1 heterocycles. The summed E-state index contributed by atoms with van der Waals surface area (Å²) in [5.41, 5.74) is 0.500. The Bertz CT molecular complexity index is 559. The van der Waals surface area contributed by atoms with Crippen molar-refractivity contribution in [3.63, 3.8) is 0 Å². The van der Waals surface area contributed by atoms with Gasteiger partial charge >= 0.3 is 0 Å². The largest absolute Gasteiger partial charge is 0.490 e. The molecule has 2 rings (SSSR count). The van der Waals surface area contributed by atoms with Crippen LogP contribution in [0.25, 0.3) is 0 Å². The first-order valence-electron chi connectivity index (χ1n) is 5.59. The predicted molar refractivity (Wildman–Crippen MR) is 66.6 cm³/mol. The summed E-state index contributed by atoms with van der Waals surface area (Å²) in [6.07, 6.45) is 1.47. The van der Waals surface area contributed by atoms with Gasteiger partial charge in [-0.2, -0.15) is 5.26 Å². The Labute approximate surface area is 105 Å². The molecule has 0 atom stereocenters. The van der Waals surface area contributed by atoms with Crippen LogP contribution < -0.4 is 9.47 Å². The normalized spacial score (nSPS) is 9.56. The van der Waals surface area contributed by atoms with E-state index in [9.17, 15) is 0 Å². The van der Waals surface area contributed by atoms with E-state index >= 15 is 0 Å². The minimum Gasteiger partial charge on any atom is -0.490 e. The van der Waals surface area contributed by atoms with E-state index < -0.39 is 0 Å². The Morgan fingerprint density at radius 3 is 2.56 bits per heavy atom. The van der Waals surface area contributed by atoms with Crippen LogP contribution in [0, 0.1) is 11.3 Å². The van der Waals surface area contributed by atoms with Crippen molar-refractivity contribution in [1.29, 1.82) is 5.26 Å². The van der Waals surface area contributed by atoms with Gasteiger partial charge in [0.15, 0.2) is 11.5 Å². The Kier molecular flexibility index (Phi) is 3.77. The molecule has 0 aliphatic carbocycles. The molecule has 2 aromatic rings. The topological polar surface area (TPSA) is 55.1 Å². The number of hydrogen-bond acceptors (Lipinski definition) is 4. The Hall–Kier alpha value is -2.54. The van der Waals surface area contributed by atoms with Crippen molar-refractivity contribution in [2.45, 2.75) is 6.92 Å². The molecule has 4 nitrogen and oxygen atoms in total. The lowest BCUT2D eigenvalue weighted by Crippen LogP contribution is -1.95. The van der Waals surface area contributed by atoms with E-state index in [1.165, 1.54) is 6.20 Å². The molecule has 0 unspecified atom stereocenters. The van der Waals surface area contributed by atoms with E-state index in [0.29, 0.717) is 29.5 Å². The van der Waals surface area contributed by atoms with Crippen molar-refractivity contribution in [1.82, 2.24) is 4.98 Å². The van der Waals surface area contributed by atoms with Crippen molar-refractivity contribution in [3.8, 4) is 23.4 Å². The number of ether oxygens (including phenoxy) is 2. The number of benzene rings is 1. The zero-order chi connectivity index (χ0) is 12.8. The van der Waals surface area contributed by atoms with E-state index in [0.717, 1.165) is 0 Å². The quantitative estimate of drug-likeness (QED) is 0.823. The van der Waals surface area contributed by atoms with Gasteiger partial charge in [0.1, 0.15) is 6.07 Å². The van der Waals surface area contributed by atoms with Crippen LogP contribution >= 0.6 is 0 Å². The minimum atomic E-state index is 0.432. The molecule has 0 saturated heterocycles. The van der Waals surface area contributed by atoms with Crippen LogP contribution in [0.15, 0.2) is 42.6 Å². The minimum absolute atomic E-state index is 0.432. The summed E-state index contributed by atoms with van der Waals surface area (Å²) >= 11 is 0. The first kappa shape index (κ1) is 11.9. The number of nitrogens with zero attached hydrogens (tertiary/aromatic N) is 2. The molecular weight excluding hydrogens is 228 g/mol. The smallest absolute Gasteiger partial charge is 0.219 e. The second kappa shape index (κ2) is 5.69. The maximum atomic E-state index is 8.68. The maximum absolute atomic E-state index is 8.68. The molecule has 1 aromatic heterocycles. The molecule has 0 aliphatic rings. The Balaban J connectivity index is 2.20. The lowest BCUT2D eigenvalue weighted by Gasteiger charge is -2.10. The van der Waals surface area contributed by atoms with E-state index in [1.54, 1.807) is 12.1 Å². The highest BCUT2D eigenvalue weighted by molar-refractivity contribution is 5.42. The second-order valence-electron chi connectivity index (χ2n) is 3.48. The van der Waals surface area contributed by atoms with Crippen molar-refractivity contribution in [2.75, 3.05) is 6.61 Å². The third kappa shape index (κ3) is 2.77. The number of pyridine rings is 1. The van der Waals surface area contributed by atoms with Gasteiger partial charge in [0.05, 0.1) is 12.2 Å². The van der Waals surface area contributed by atoms with Crippen LogP contribution in [0.5, 0.6) is 17.4 Å². The molecule has 0 amide bonds. The number of nitriles is 1. The summed E-state index contributed by atoms with van der Waals surface area (Å²) in [6, 6.07) is 12.7. The molecule has 0 aliphatic heterocycles. The fourth-order valence-electron chi connectivity index (χ4n) is 1.43. The monoisotopic (exact) mass is 240 g/mol. The van der Waals surface area contributed by atoms with Gasteiger partial charge in [-0.25, -0.2) is 4.98 Å². The highest BCUT2D eigenvalue weighted by Gasteiger charge is 2.05. The van der Waals surface area contributed by atoms with Crippen LogP contribution in [0.2, 0.25) is 0 Å². The molecule has 0 bridgehead atoms. The third-order valence-electron chi connectivity index (χ3n) is 2.23. The summed E-state index contributed by atoms with van der Waals surface area (Å²) < 4.78 is 11.1. The van der Waals surface area contributed by atoms with Crippen LogP contribution in [0.4, 0.5) is 0 Å². The van der Waals surface area contributed by atoms with Gasteiger partial charge in [0.2, 0.25) is 5.88 Å². The summed E-state index contributed by atoms with van der Waals surface area (Å²) in [7, 11) is 0. The molecule has 0 radical (unpaired) electrons. The number of hydrogen-bond donors (Lipinski definition) is 0. The highest BCUT2D eigenvalue weighted by Crippen LogP contribution is 2.30. The van der Waals surface area contributed by atoms with E-state index in [1.807, 2.05) is 37.3 Å². The summed E-state index contributed by atoms with van der Waals surface area (Å²) in [4.78, 5) is 4.05. The van der Waals surface area contributed by atoms with Gasteiger partial charge < -0.3 is 9.47 Å². The lowest BCUT2D eigenvalue weighted by molar-refractivity contribution is 0.319. The molecule has 0 N–H and O–H groups in total. The Morgan fingerprint density at radius 2 is 1.94 bits per heavy atom. The maximum Gasteiger partial charge on any atom is 0.219 e. The molecule has 18 heavy (non-hydrogen) atoms. The van der Waals surface area contributed by atoms with Gasteiger partial charge in [-0.05, 0) is 25.1 Å². The molecular formula is C14H12N2O2. The van der Waals surface area contributed by atoms with E-state index in [4.69, 9.17) is 14.7 Å². The number of rotatable bonds is 4. The van der Waals surface area contributed by atoms with Gasteiger partial charge in [-0.15, -0.1) is 0 Å². The molecule has 1 aromatic carbocycles. The first-order chi connectivity index (χ1) is 8.83. The van der Waals surface area contributed by atoms with E-state index in [2.05, 4.69) is 4.98 Å². The third-order valence-corrected chi connectivity index (χ3v) is 2.23. The van der Waals surface area contributed by atoms with Crippen molar-refractivity contribution < 1.29 is 9.47 Å². The van der Waals surface area contributed by atoms with Crippen LogP contribution in [-0.4, -0.2) is 11.6 Å². The zero-order valence-electron chi connectivity index (χ0n) is 9.96. The fourth-order valence-corrected chi connectivity index (χ4v) is 1.43. The van der Waals surface area contributed by atoms with Gasteiger partial charge in [0, 0.05) is 12.3 Å². The molecule has 90 valence electrons. The van der Waals surface area contributed by atoms with Gasteiger partial charge in [-0.3, -0.25) is 0 Å². The predicted octanol–water partition coefficient (Wildman–Crippen LogP) is 3.14. The zero-order valence-corrected chi connectivity index (χ0v) is 9.96. The average Bonchev–Trinajstić information content (AvgIpc) is 2.42. The highest BCUT2D eigenvalue weighted by atomic mass is 16.5.